The molecule has 1 fully saturated rings. The average Bonchev–Trinajstić information content (AvgIpc) is 2.36. The third-order valence-electron chi connectivity index (χ3n) is 3.34. The SMILES string of the molecule is CCC(C)(C)C(=O)OCC1CCC(C#N)C(=O)O1. The molecule has 1 saturated heterocycles. The van der Waals surface area contributed by atoms with Gasteiger partial charge in [-0.2, -0.15) is 5.26 Å². The van der Waals surface area contributed by atoms with Gasteiger partial charge >= 0.3 is 11.9 Å². The highest BCUT2D eigenvalue weighted by Gasteiger charge is 2.32. The van der Waals surface area contributed by atoms with Gasteiger partial charge in [0.2, 0.25) is 0 Å². The molecule has 0 amide bonds. The number of ether oxygens (including phenoxy) is 2. The second-order valence-electron chi connectivity index (χ2n) is 5.15. The average molecular weight is 253 g/mol. The van der Waals surface area contributed by atoms with Crippen molar-refractivity contribution in [2.75, 3.05) is 6.61 Å². The van der Waals surface area contributed by atoms with Crippen molar-refractivity contribution in [3.63, 3.8) is 0 Å². The minimum Gasteiger partial charge on any atom is -0.461 e. The first-order valence-electron chi connectivity index (χ1n) is 6.18. The summed E-state index contributed by atoms with van der Waals surface area (Å²) in [6.07, 6.45) is 1.30. The van der Waals surface area contributed by atoms with Gasteiger partial charge in [0.25, 0.3) is 0 Å². The van der Waals surface area contributed by atoms with Crippen molar-refractivity contribution in [1.82, 2.24) is 0 Å². The smallest absolute Gasteiger partial charge is 0.323 e. The van der Waals surface area contributed by atoms with Crippen LogP contribution in [0.3, 0.4) is 0 Å². The highest BCUT2D eigenvalue weighted by Crippen LogP contribution is 2.23. The van der Waals surface area contributed by atoms with E-state index in [4.69, 9.17) is 14.7 Å². The van der Waals surface area contributed by atoms with Crippen molar-refractivity contribution in [3.8, 4) is 6.07 Å². The summed E-state index contributed by atoms with van der Waals surface area (Å²) in [5.74, 6) is -1.48. The minimum absolute atomic E-state index is 0.0755. The van der Waals surface area contributed by atoms with E-state index < -0.39 is 23.4 Å². The predicted octanol–water partition coefficient (Wildman–Crippen LogP) is 1.81. The second kappa shape index (κ2) is 5.85. The molecule has 5 heteroatoms. The van der Waals surface area contributed by atoms with Crippen LogP contribution in [-0.2, 0) is 19.1 Å². The van der Waals surface area contributed by atoms with Gasteiger partial charge in [-0.15, -0.1) is 0 Å². The summed E-state index contributed by atoms with van der Waals surface area (Å²) in [6, 6.07) is 1.89. The molecule has 2 unspecified atom stereocenters. The van der Waals surface area contributed by atoms with Crippen molar-refractivity contribution >= 4 is 11.9 Å². The lowest BCUT2D eigenvalue weighted by Gasteiger charge is -2.26. The van der Waals surface area contributed by atoms with E-state index in [0.717, 1.165) is 0 Å². The Morgan fingerprint density at radius 2 is 2.22 bits per heavy atom. The van der Waals surface area contributed by atoms with Crippen LogP contribution in [0.4, 0.5) is 0 Å². The number of nitrogens with zero attached hydrogens (tertiary/aromatic N) is 1. The first-order valence-corrected chi connectivity index (χ1v) is 6.18. The number of cyclic esters (lactones) is 1. The Bertz CT molecular complexity index is 370. The molecule has 100 valence electrons. The van der Waals surface area contributed by atoms with Crippen LogP contribution in [0.5, 0.6) is 0 Å². The van der Waals surface area contributed by atoms with Crippen LogP contribution in [0.1, 0.15) is 40.0 Å². The van der Waals surface area contributed by atoms with Gasteiger partial charge in [-0.25, -0.2) is 0 Å². The summed E-state index contributed by atoms with van der Waals surface area (Å²) >= 11 is 0. The molecule has 1 rings (SSSR count). The predicted molar refractivity (Wildman–Crippen MR) is 63.2 cm³/mol. The van der Waals surface area contributed by atoms with Crippen LogP contribution in [0.25, 0.3) is 0 Å². The van der Waals surface area contributed by atoms with Gasteiger partial charge in [0.05, 0.1) is 11.5 Å². The zero-order valence-corrected chi connectivity index (χ0v) is 11.1. The maximum Gasteiger partial charge on any atom is 0.323 e. The van der Waals surface area contributed by atoms with Crippen molar-refractivity contribution in [1.29, 1.82) is 5.26 Å². The molecule has 2 atom stereocenters. The Morgan fingerprint density at radius 3 is 2.72 bits per heavy atom. The van der Waals surface area contributed by atoms with Gasteiger partial charge in [0, 0.05) is 0 Å². The summed E-state index contributed by atoms with van der Waals surface area (Å²) in [5, 5.41) is 8.67. The van der Waals surface area contributed by atoms with Crippen LogP contribution in [0.15, 0.2) is 0 Å². The molecule has 18 heavy (non-hydrogen) atoms. The first kappa shape index (κ1) is 14.5. The van der Waals surface area contributed by atoms with Crippen molar-refractivity contribution < 1.29 is 19.1 Å². The number of hydrogen-bond donors (Lipinski definition) is 0. The van der Waals surface area contributed by atoms with E-state index in [1.165, 1.54) is 0 Å². The van der Waals surface area contributed by atoms with Crippen LogP contribution < -0.4 is 0 Å². The Labute approximate surface area is 107 Å². The summed E-state index contributed by atoms with van der Waals surface area (Å²) in [5.41, 5.74) is -0.520. The fourth-order valence-electron chi connectivity index (χ4n) is 1.52. The maximum absolute atomic E-state index is 11.7. The van der Waals surface area contributed by atoms with E-state index in [-0.39, 0.29) is 12.6 Å². The highest BCUT2D eigenvalue weighted by molar-refractivity contribution is 5.77. The van der Waals surface area contributed by atoms with Crippen molar-refractivity contribution in [2.24, 2.45) is 11.3 Å². The fraction of sp³-hybridized carbons (Fsp3) is 0.769. The number of carbonyl (C=O) groups excluding carboxylic acids is 2. The molecular formula is C13H19NO4. The van der Waals surface area contributed by atoms with Gasteiger partial charge in [-0.3, -0.25) is 9.59 Å². The van der Waals surface area contributed by atoms with Crippen molar-refractivity contribution in [3.05, 3.63) is 0 Å². The van der Waals surface area contributed by atoms with E-state index in [2.05, 4.69) is 0 Å². The second-order valence-corrected chi connectivity index (χ2v) is 5.15. The van der Waals surface area contributed by atoms with Gasteiger partial charge in [-0.1, -0.05) is 6.92 Å². The number of esters is 2. The Morgan fingerprint density at radius 1 is 1.56 bits per heavy atom. The third-order valence-corrected chi connectivity index (χ3v) is 3.34. The molecule has 0 N–H and O–H groups in total. The molecule has 0 aliphatic carbocycles. The molecule has 0 radical (unpaired) electrons. The molecule has 0 aromatic rings. The lowest BCUT2D eigenvalue weighted by atomic mass is 9.91. The number of rotatable bonds is 4. The Kier molecular flexibility index (Phi) is 4.71. The lowest BCUT2D eigenvalue weighted by molar-refractivity contribution is -0.170. The van der Waals surface area contributed by atoms with Gasteiger partial charge in [0.1, 0.15) is 18.6 Å². The third kappa shape index (κ3) is 3.46. The van der Waals surface area contributed by atoms with Crippen LogP contribution in [0, 0.1) is 22.7 Å². The molecule has 1 heterocycles. The first-order chi connectivity index (χ1) is 8.40. The molecule has 1 aliphatic rings. The van der Waals surface area contributed by atoms with Crippen molar-refractivity contribution in [2.45, 2.75) is 46.1 Å². The van der Waals surface area contributed by atoms with E-state index in [0.29, 0.717) is 19.3 Å². The van der Waals surface area contributed by atoms with Crippen LogP contribution in [-0.4, -0.2) is 24.6 Å². The maximum atomic E-state index is 11.7. The zero-order valence-electron chi connectivity index (χ0n) is 11.1. The summed E-state index contributed by atoms with van der Waals surface area (Å²) in [6.45, 7) is 5.62. The summed E-state index contributed by atoms with van der Waals surface area (Å²) in [7, 11) is 0. The van der Waals surface area contributed by atoms with E-state index >= 15 is 0 Å². The summed E-state index contributed by atoms with van der Waals surface area (Å²) in [4.78, 5) is 23.1. The molecule has 1 aliphatic heterocycles. The van der Waals surface area contributed by atoms with Gasteiger partial charge in [0.15, 0.2) is 0 Å². The number of carbonyl (C=O) groups is 2. The largest absolute Gasteiger partial charge is 0.461 e. The molecule has 0 bridgehead atoms. The molecular weight excluding hydrogens is 234 g/mol. The quantitative estimate of drug-likeness (QED) is 0.714. The normalized spacial score (nSPS) is 24.0. The molecule has 0 spiro atoms. The van der Waals surface area contributed by atoms with Gasteiger partial charge in [-0.05, 0) is 33.1 Å². The van der Waals surface area contributed by atoms with E-state index in [9.17, 15) is 9.59 Å². The van der Waals surface area contributed by atoms with E-state index in [1.54, 1.807) is 0 Å². The van der Waals surface area contributed by atoms with Crippen LogP contribution in [0.2, 0.25) is 0 Å². The lowest BCUT2D eigenvalue weighted by Crippen LogP contribution is -2.35. The molecule has 0 saturated carbocycles. The summed E-state index contributed by atoms with van der Waals surface area (Å²) < 4.78 is 10.2. The highest BCUT2D eigenvalue weighted by atomic mass is 16.6. The fourth-order valence-corrected chi connectivity index (χ4v) is 1.52. The number of nitriles is 1. The van der Waals surface area contributed by atoms with Gasteiger partial charge < -0.3 is 9.47 Å². The zero-order chi connectivity index (χ0) is 13.8. The van der Waals surface area contributed by atoms with E-state index in [1.807, 2.05) is 26.8 Å². The molecule has 0 aromatic carbocycles. The Hall–Kier alpha value is -1.57. The minimum atomic E-state index is -0.677. The molecule has 0 aromatic heterocycles. The standard InChI is InChI=1S/C13H19NO4/c1-4-13(2,3)12(16)17-8-10-6-5-9(7-14)11(15)18-10/h9-10H,4-6,8H2,1-3H3. The topological polar surface area (TPSA) is 76.4 Å². The Balaban J connectivity index is 2.40. The monoisotopic (exact) mass is 253 g/mol. The molecule has 5 nitrogen and oxygen atoms in total. The number of hydrogen-bond acceptors (Lipinski definition) is 5. The van der Waals surface area contributed by atoms with Crippen LogP contribution >= 0.6 is 0 Å².